The molecule has 1 aromatic rings. The highest BCUT2D eigenvalue weighted by Gasteiger charge is 2.23. The molecule has 0 saturated carbocycles. The maximum atomic E-state index is 11.8. The van der Waals surface area contributed by atoms with Gasteiger partial charge in [-0.05, 0) is 48.8 Å². The van der Waals surface area contributed by atoms with Crippen LogP contribution in [-0.2, 0) is 11.2 Å². The number of carbonyl (C=O) groups is 1. The second-order valence-corrected chi connectivity index (χ2v) is 5.86. The molecule has 1 aliphatic rings. The summed E-state index contributed by atoms with van der Waals surface area (Å²) >= 11 is 0. The minimum absolute atomic E-state index is 0. The van der Waals surface area contributed by atoms with Crippen molar-refractivity contribution >= 4 is 18.3 Å². The predicted molar refractivity (Wildman–Crippen MR) is 85.3 cm³/mol. The molecule has 20 heavy (non-hydrogen) atoms. The molecule has 3 nitrogen and oxygen atoms in total. The summed E-state index contributed by atoms with van der Waals surface area (Å²) in [6.45, 7) is 6.11. The summed E-state index contributed by atoms with van der Waals surface area (Å²) in [5, 5.41) is 3.08. The smallest absolute Gasteiger partial charge is 0.237 e. The van der Waals surface area contributed by atoms with Crippen LogP contribution in [0.25, 0.3) is 0 Å². The van der Waals surface area contributed by atoms with E-state index in [-0.39, 0.29) is 24.4 Å². The predicted octanol–water partition coefficient (Wildman–Crippen LogP) is 3.07. The quantitative estimate of drug-likeness (QED) is 0.900. The molecule has 0 radical (unpaired) electrons. The Labute approximate surface area is 127 Å². The molecular formula is C16H25ClN2O. The van der Waals surface area contributed by atoms with E-state index in [0.29, 0.717) is 5.92 Å². The van der Waals surface area contributed by atoms with Crippen molar-refractivity contribution in [3.05, 3.63) is 34.9 Å². The lowest BCUT2D eigenvalue weighted by molar-refractivity contribution is -0.122. The Morgan fingerprint density at radius 2 is 2.05 bits per heavy atom. The van der Waals surface area contributed by atoms with E-state index < -0.39 is 6.04 Å². The minimum atomic E-state index is -0.446. The summed E-state index contributed by atoms with van der Waals surface area (Å²) < 4.78 is 0. The molecule has 2 atom stereocenters. The first-order chi connectivity index (χ1) is 8.99. The molecule has 0 aliphatic heterocycles. The van der Waals surface area contributed by atoms with Gasteiger partial charge in [0.1, 0.15) is 0 Å². The van der Waals surface area contributed by atoms with Gasteiger partial charge in [-0.2, -0.15) is 0 Å². The zero-order chi connectivity index (χ0) is 14.0. The fraction of sp³-hybridized carbons (Fsp3) is 0.562. The first kappa shape index (κ1) is 17.0. The topological polar surface area (TPSA) is 55.1 Å². The van der Waals surface area contributed by atoms with Crippen LogP contribution < -0.4 is 11.1 Å². The third kappa shape index (κ3) is 3.74. The standard InChI is InChI=1S/C16H24N2O.ClH/c1-10(2)13-8-7-12-5-4-6-15(14(12)9-13)18-16(19)11(3)17;/h7-11,15H,4-6,17H2,1-3H3,(H,18,19);1H/t11?,15-;/m1./s1. The first-order valence-electron chi connectivity index (χ1n) is 7.17. The number of nitrogens with two attached hydrogens (primary N) is 1. The van der Waals surface area contributed by atoms with Gasteiger partial charge in [0.05, 0.1) is 12.1 Å². The number of halogens is 1. The van der Waals surface area contributed by atoms with E-state index in [1.54, 1.807) is 6.92 Å². The molecule has 0 aromatic heterocycles. The molecule has 1 unspecified atom stereocenters. The third-order valence-electron chi connectivity index (χ3n) is 3.88. The number of fused-ring (bicyclic) bond motifs is 1. The van der Waals surface area contributed by atoms with Crippen molar-refractivity contribution in [2.24, 2.45) is 5.73 Å². The highest BCUT2D eigenvalue weighted by molar-refractivity contribution is 5.85. The Balaban J connectivity index is 0.00000200. The molecule has 0 fully saturated rings. The summed E-state index contributed by atoms with van der Waals surface area (Å²) in [4.78, 5) is 11.8. The number of benzene rings is 1. The number of carbonyl (C=O) groups excluding carboxylic acids is 1. The van der Waals surface area contributed by atoms with Crippen LogP contribution in [0.3, 0.4) is 0 Å². The van der Waals surface area contributed by atoms with E-state index in [1.165, 1.54) is 16.7 Å². The van der Waals surface area contributed by atoms with Gasteiger partial charge in [0.25, 0.3) is 0 Å². The summed E-state index contributed by atoms with van der Waals surface area (Å²) in [6, 6.07) is 6.36. The Kier molecular flexibility index (Phi) is 6.03. The largest absolute Gasteiger partial charge is 0.348 e. The Morgan fingerprint density at radius 1 is 1.35 bits per heavy atom. The average molecular weight is 297 g/mol. The van der Waals surface area contributed by atoms with Gasteiger partial charge in [-0.1, -0.05) is 32.0 Å². The number of nitrogens with one attached hydrogen (secondary N) is 1. The Hall–Kier alpha value is -1.06. The number of amides is 1. The molecule has 1 aromatic carbocycles. The second kappa shape index (κ2) is 7.09. The van der Waals surface area contributed by atoms with Crippen LogP contribution in [0.2, 0.25) is 0 Å². The lowest BCUT2D eigenvalue weighted by Crippen LogP contribution is -2.41. The maximum absolute atomic E-state index is 11.8. The molecule has 0 spiro atoms. The van der Waals surface area contributed by atoms with E-state index in [9.17, 15) is 4.79 Å². The minimum Gasteiger partial charge on any atom is -0.348 e. The van der Waals surface area contributed by atoms with Crippen LogP contribution in [0.15, 0.2) is 18.2 Å². The van der Waals surface area contributed by atoms with Gasteiger partial charge in [0.2, 0.25) is 5.91 Å². The molecule has 0 bridgehead atoms. The summed E-state index contributed by atoms with van der Waals surface area (Å²) in [7, 11) is 0. The van der Waals surface area contributed by atoms with Gasteiger partial charge in [-0.25, -0.2) is 0 Å². The highest BCUT2D eigenvalue weighted by atomic mass is 35.5. The van der Waals surface area contributed by atoms with E-state index in [4.69, 9.17) is 5.73 Å². The van der Waals surface area contributed by atoms with Gasteiger partial charge in [-0.3, -0.25) is 4.79 Å². The SMILES string of the molecule is CC(N)C(=O)N[C@@H]1CCCc2ccc(C(C)C)cc21.Cl. The average Bonchev–Trinajstić information content (AvgIpc) is 2.38. The molecule has 0 saturated heterocycles. The zero-order valence-electron chi connectivity index (χ0n) is 12.5. The number of aryl methyl sites for hydroxylation is 1. The fourth-order valence-corrected chi connectivity index (χ4v) is 2.63. The van der Waals surface area contributed by atoms with Crippen molar-refractivity contribution in [1.29, 1.82) is 0 Å². The lowest BCUT2D eigenvalue weighted by Gasteiger charge is -2.28. The molecule has 4 heteroatoms. The van der Waals surface area contributed by atoms with Crippen molar-refractivity contribution in [1.82, 2.24) is 5.32 Å². The molecule has 1 aliphatic carbocycles. The molecule has 2 rings (SSSR count). The van der Waals surface area contributed by atoms with Gasteiger partial charge in [0.15, 0.2) is 0 Å². The first-order valence-corrected chi connectivity index (χ1v) is 7.17. The molecule has 112 valence electrons. The summed E-state index contributed by atoms with van der Waals surface area (Å²) in [5.74, 6) is 0.449. The van der Waals surface area contributed by atoms with E-state index >= 15 is 0 Å². The summed E-state index contributed by atoms with van der Waals surface area (Å²) in [6.07, 6.45) is 3.24. The van der Waals surface area contributed by atoms with Crippen molar-refractivity contribution in [3.63, 3.8) is 0 Å². The van der Waals surface area contributed by atoms with Gasteiger partial charge < -0.3 is 11.1 Å². The van der Waals surface area contributed by atoms with Crippen molar-refractivity contribution in [2.75, 3.05) is 0 Å². The normalized spacial score (nSPS) is 18.9. The lowest BCUT2D eigenvalue weighted by atomic mass is 9.85. The molecule has 0 heterocycles. The molecule has 3 N–H and O–H groups in total. The number of hydrogen-bond acceptors (Lipinski definition) is 2. The van der Waals surface area contributed by atoms with Gasteiger partial charge >= 0.3 is 0 Å². The monoisotopic (exact) mass is 296 g/mol. The van der Waals surface area contributed by atoms with Crippen LogP contribution in [-0.4, -0.2) is 11.9 Å². The Bertz CT molecular complexity index is 472. The number of hydrogen-bond donors (Lipinski definition) is 2. The van der Waals surface area contributed by atoms with Crippen molar-refractivity contribution < 1.29 is 4.79 Å². The van der Waals surface area contributed by atoms with Crippen LogP contribution in [0, 0.1) is 0 Å². The zero-order valence-corrected chi connectivity index (χ0v) is 13.3. The van der Waals surface area contributed by atoms with Crippen molar-refractivity contribution in [2.45, 2.75) is 58.0 Å². The third-order valence-corrected chi connectivity index (χ3v) is 3.88. The van der Waals surface area contributed by atoms with Crippen LogP contribution >= 0.6 is 12.4 Å². The molecular weight excluding hydrogens is 272 g/mol. The van der Waals surface area contributed by atoms with E-state index in [1.807, 2.05) is 0 Å². The van der Waals surface area contributed by atoms with Crippen molar-refractivity contribution in [3.8, 4) is 0 Å². The maximum Gasteiger partial charge on any atom is 0.237 e. The van der Waals surface area contributed by atoms with Gasteiger partial charge in [0, 0.05) is 0 Å². The summed E-state index contributed by atoms with van der Waals surface area (Å²) in [5.41, 5.74) is 9.62. The van der Waals surface area contributed by atoms with Crippen LogP contribution in [0.4, 0.5) is 0 Å². The van der Waals surface area contributed by atoms with Crippen LogP contribution in [0.5, 0.6) is 0 Å². The Morgan fingerprint density at radius 3 is 2.65 bits per heavy atom. The van der Waals surface area contributed by atoms with E-state index in [2.05, 4.69) is 37.4 Å². The fourth-order valence-electron chi connectivity index (χ4n) is 2.63. The van der Waals surface area contributed by atoms with E-state index in [0.717, 1.165) is 19.3 Å². The van der Waals surface area contributed by atoms with Gasteiger partial charge in [-0.15, -0.1) is 12.4 Å². The van der Waals surface area contributed by atoms with Crippen LogP contribution in [0.1, 0.15) is 62.3 Å². The molecule has 1 amide bonds. The second-order valence-electron chi connectivity index (χ2n) is 5.86. The highest BCUT2D eigenvalue weighted by Crippen LogP contribution is 2.32. The number of rotatable bonds is 3.